The molecule has 54 valence electrons. The Bertz CT molecular complexity index is 93.8. The molecular weight excluding hydrogens is 142 g/mol. The summed E-state index contributed by atoms with van der Waals surface area (Å²) in [5.41, 5.74) is 0. The molecule has 0 unspecified atom stereocenters. The molecule has 0 aliphatic carbocycles. The largest absolute Gasteiger partial charge is 0.336 e. The van der Waals surface area contributed by atoms with Crippen LogP contribution in [0.1, 0.15) is 13.8 Å². The van der Waals surface area contributed by atoms with Crippen LogP contribution in [0.3, 0.4) is 0 Å². The first kappa shape index (κ1) is 8.55. The first-order valence-corrected chi connectivity index (χ1v) is 4.19. The molecule has 0 aliphatic heterocycles. The maximum Gasteiger partial charge on any atom is 0.336 e. The SMILES string of the molecule is CC[S+](CC)O[N+](=O)[O-]. The Hall–Kier alpha value is -0.450. The highest BCUT2D eigenvalue weighted by molar-refractivity contribution is 7.92. The molecule has 0 N–H and O–H groups in total. The Balaban J connectivity index is 3.43. The molecule has 0 atom stereocenters. The zero-order valence-corrected chi connectivity index (χ0v) is 6.31. The molecule has 4 nitrogen and oxygen atoms in total. The molecule has 0 fully saturated rings. The summed E-state index contributed by atoms with van der Waals surface area (Å²) in [6.07, 6.45) is 0. The van der Waals surface area contributed by atoms with E-state index in [2.05, 4.69) is 4.28 Å². The van der Waals surface area contributed by atoms with Crippen LogP contribution in [0.15, 0.2) is 0 Å². The highest BCUT2D eigenvalue weighted by Gasteiger charge is 2.18. The van der Waals surface area contributed by atoms with Crippen molar-refractivity contribution in [1.29, 1.82) is 0 Å². The average Bonchev–Trinajstić information content (AvgIpc) is 1.82. The van der Waals surface area contributed by atoms with Gasteiger partial charge >= 0.3 is 5.09 Å². The Morgan fingerprint density at radius 3 is 2.11 bits per heavy atom. The van der Waals surface area contributed by atoms with Crippen molar-refractivity contribution in [2.75, 3.05) is 11.5 Å². The second kappa shape index (κ2) is 4.43. The van der Waals surface area contributed by atoms with Crippen molar-refractivity contribution in [3.8, 4) is 0 Å². The maximum absolute atomic E-state index is 9.72. The van der Waals surface area contributed by atoms with Crippen molar-refractivity contribution in [2.45, 2.75) is 13.8 Å². The second-order valence-electron chi connectivity index (χ2n) is 1.32. The Labute approximate surface area is 56.9 Å². The summed E-state index contributed by atoms with van der Waals surface area (Å²) in [7, 11) is 0. The minimum absolute atomic E-state index is 0.468. The molecule has 0 radical (unpaired) electrons. The summed E-state index contributed by atoms with van der Waals surface area (Å²) in [5.74, 6) is 1.44. The van der Waals surface area contributed by atoms with Gasteiger partial charge in [0, 0.05) is 0 Å². The fourth-order valence-electron chi connectivity index (χ4n) is 0.396. The van der Waals surface area contributed by atoms with Gasteiger partial charge in [0.2, 0.25) is 11.2 Å². The topological polar surface area (TPSA) is 52.4 Å². The first-order valence-electron chi connectivity index (χ1n) is 2.71. The van der Waals surface area contributed by atoms with E-state index < -0.39 is 16.3 Å². The summed E-state index contributed by atoms with van der Waals surface area (Å²) < 4.78 is 4.30. The van der Waals surface area contributed by atoms with Gasteiger partial charge in [-0.15, -0.1) is 14.4 Å². The van der Waals surface area contributed by atoms with Crippen LogP contribution in [0.5, 0.6) is 0 Å². The molecule has 0 heterocycles. The van der Waals surface area contributed by atoms with Crippen molar-refractivity contribution in [2.24, 2.45) is 0 Å². The molecule has 5 heteroatoms. The van der Waals surface area contributed by atoms with Gasteiger partial charge in [0.1, 0.15) is 11.5 Å². The van der Waals surface area contributed by atoms with E-state index in [0.29, 0.717) is 0 Å². The van der Waals surface area contributed by atoms with Crippen LogP contribution < -0.4 is 0 Å². The van der Waals surface area contributed by atoms with Gasteiger partial charge < -0.3 is 0 Å². The summed E-state index contributed by atoms with van der Waals surface area (Å²) >= 11 is -0.468. The maximum atomic E-state index is 9.72. The van der Waals surface area contributed by atoms with E-state index in [4.69, 9.17) is 0 Å². The standard InChI is InChI=1S/C4H10NO3S/c1-3-9(4-2)8-5(6)7/h3-4H2,1-2H3/q+1. The van der Waals surface area contributed by atoms with Gasteiger partial charge in [-0.25, -0.2) is 0 Å². The van der Waals surface area contributed by atoms with Crippen molar-refractivity contribution in [3.05, 3.63) is 10.1 Å². The molecule has 0 spiro atoms. The molecular formula is C4H10NO3S+. The number of hydrogen-bond acceptors (Lipinski definition) is 3. The molecule has 0 aromatic heterocycles. The van der Waals surface area contributed by atoms with Crippen LogP contribution in [0.2, 0.25) is 0 Å². The van der Waals surface area contributed by atoms with Gasteiger partial charge in [0.25, 0.3) is 0 Å². The van der Waals surface area contributed by atoms with Gasteiger partial charge in [-0.2, -0.15) is 0 Å². The minimum atomic E-state index is -0.726. The van der Waals surface area contributed by atoms with Gasteiger partial charge in [-0.3, -0.25) is 0 Å². The third-order valence-electron chi connectivity index (χ3n) is 0.810. The molecule has 0 saturated heterocycles. The van der Waals surface area contributed by atoms with Crippen LogP contribution in [0, 0.1) is 10.1 Å². The monoisotopic (exact) mass is 152 g/mol. The number of hydrogen-bond donors (Lipinski definition) is 0. The lowest BCUT2D eigenvalue weighted by Crippen LogP contribution is -2.15. The molecule has 0 aromatic rings. The normalized spacial score (nSPS) is 9.67. The van der Waals surface area contributed by atoms with Crippen molar-refractivity contribution < 1.29 is 9.37 Å². The van der Waals surface area contributed by atoms with E-state index in [9.17, 15) is 10.1 Å². The molecule has 0 bridgehead atoms. The Morgan fingerprint density at radius 1 is 1.56 bits per heavy atom. The van der Waals surface area contributed by atoms with Crippen LogP contribution in [-0.4, -0.2) is 16.6 Å². The Morgan fingerprint density at radius 2 is 2.00 bits per heavy atom. The predicted octanol–water partition coefficient (Wildman–Crippen LogP) is 0.768. The van der Waals surface area contributed by atoms with Crippen LogP contribution in [0.25, 0.3) is 0 Å². The lowest BCUT2D eigenvalue weighted by molar-refractivity contribution is -0.709. The van der Waals surface area contributed by atoms with Gasteiger partial charge in [0.05, 0.1) is 0 Å². The number of nitrogens with zero attached hydrogens (tertiary/aromatic N) is 1. The summed E-state index contributed by atoms with van der Waals surface area (Å²) in [6.45, 7) is 3.74. The minimum Gasteiger partial charge on any atom is -0.106 e. The number of rotatable bonds is 4. The highest BCUT2D eigenvalue weighted by Crippen LogP contribution is 1.97. The van der Waals surface area contributed by atoms with Crippen LogP contribution in [-0.2, 0) is 15.5 Å². The van der Waals surface area contributed by atoms with Gasteiger partial charge in [0.15, 0.2) is 0 Å². The Kier molecular flexibility index (Phi) is 4.21. The van der Waals surface area contributed by atoms with E-state index in [1.165, 1.54) is 0 Å². The summed E-state index contributed by atoms with van der Waals surface area (Å²) in [5, 5.41) is 8.99. The zero-order chi connectivity index (χ0) is 7.28. The summed E-state index contributed by atoms with van der Waals surface area (Å²) in [4.78, 5) is 9.72. The molecule has 0 rings (SSSR count). The van der Waals surface area contributed by atoms with Crippen LogP contribution in [0.4, 0.5) is 0 Å². The lowest BCUT2D eigenvalue weighted by Gasteiger charge is -1.94. The lowest BCUT2D eigenvalue weighted by atomic mass is 11.0. The average molecular weight is 152 g/mol. The fraction of sp³-hybridized carbons (Fsp3) is 1.00. The first-order chi connectivity index (χ1) is 4.20. The fourth-order valence-corrected chi connectivity index (χ4v) is 1.19. The van der Waals surface area contributed by atoms with Gasteiger partial charge in [-0.1, -0.05) is 0 Å². The highest BCUT2D eigenvalue weighted by atomic mass is 32.2. The van der Waals surface area contributed by atoms with E-state index in [1.54, 1.807) is 0 Å². The quantitative estimate of drug-likeness (QED) is 0.339. The summed E-state index contributed by atoms with van der Waals surface area (Å²) in [6, 6.07) is 0. The van der Waals surface area contributed by atoms with E-state index in [-0.39, 0.29) is 0 Å². The van der Waals surface area contributed by atoms with Crippen molar-refractivity contribution >= 4 is 11.2 Å². The molecule has 0 amide bonds. The molecule has 0 saturated carbocycles. The van der Waals surface area contributed by atoms with E-state index >= 15 is 0 Å². The third-order valence-corrected chi connectivity index (χ3v) is 2.43. The van der Waals surface area contributed by atoms with Crippen molar-refractivity contribution in [3.63, 3.8) is 0 Å². The zero-order valence-electron chi connectivity index (χ0n) is 5.49. The van der Waals surface area contributed by atoms with E-state index in [0.717, 1.165) is 11.5 Å². The molecule has 0 aromatic carbocycles. The van der Waals surface area contributed by atoms with Gasteiger partial charge in [-0.05, 0) is 13.8 Å². The second-order valence-corrected chi connectivity index (χ2v) is 3.50. The van der Waals surface area contributed by atoms with Crippen LogP contribution >= 0.6 is 0 Å². The van der Waals surface area contributed by atoms with Crippen molar-refractivity contribution in [1.82, 2.24) is 0 Å². The smallest absolute Gasteiger partial charge is 0.106 e. The molecule has 0 aliphatic rings. The molecule has 9 heavy (non-hydrogen) atoms. The van der Waals surface area contributed by atoms with E-state index in [1.807, 2.05) is 13.8 Å². The third kappa shape index (κ3) is 4.08. The predicted molar refractivity (Wildman–Crippen MR) is 36.5 cm³/mol.